The first-order valence-corrected chi connectivity index (χ1v) is 6.90. The van der Waals surface area contributed by atoms with Crippen LogP contribution in [-0.2, 0) is 4.79 Å². The van der Waals surface area contributed by atoms with Crippen molar-refractivity contribution in [3.63, 3.8) is 0 Å². The molecule has 3 N–H and O–H groups in total. The van der Waals surface area contributed by atoms with Crippen molar-refractivity contribution < 1.29 is 23.1 Å². The largest absolute Gasteiger partial charge is 0.490 e. The molecule has 1 aliphatic rings. The summed E-state index contributed by atoms with van der Waals surface area (Å²) in [6, 6.07) is 8.37. The highest BCUT2D eigenvalue weighted by Crippen LogP contribution is 2.16. The van der Waals surface area contributed by atoms with Crippen molar-refractivity contribution in [3.05, 3.63) is 24.3 Å². The van der Waals surface area contributed by atoms with Crippen molar-refractivity contribution in [1.29, 1.82) is 0 Å². The molecule has 23 heavy (non-hydrogen) atoms. The highest BCUT2D eigenvalue weighted by molar-refractivity contribution is 5.94. The first-order valence-electron chi connectivity index (χ1n) is 6.90. The van der Waals surface area contributed by atoms with Gasteiger partial charge < -0.3 is 20.6 Å². The van der Waals surface area contributed by atoms with E-state index in [9.17, 15) is 13.2 Å². The number of carboxylic acids is 1. The lowest BCUT2D eigenvalue weighted by atomic mass is 10.2. The summed E-state index contributed by atoms with van der Waals surface area (Å²) in [4.78, 5) is 15.4. The van der Waals surface area contributed by atoms with Gasteiger partial charge in [-0.25, -0.2) is 4.79 Å². The fraction of sp³-hybridized carbons (Fsp3) is 0.429. The third-order valence-electron chi connectivity index (χ3n) is 2.96. The smallest absolute Gasteiger partial charge is 0.475 e. The lowest BCUT2D eigenvalue weighted by Gasteiger charge is -2.17. The van der Waals surface area contributed by atoms with Crippen molar-refractivity contribution >= 4 is 23.3 Å². The number of alkyl halides is 3. The van der Waals surface area contributed by atoms with E-state index in [4.69, 9.17) is 9.90 Å². The first-order chi connectivity index (χ1) is 10.7. The van der Waals surface area contributed by atoms with Gasteiger partial charge in [0.05, 0.1) is 6.54 Å². The fourth-order valence-corrected chi connectivity index (χ4v) is 1.60. The maximum absolute atomic E-state index is 10.6. The first kappa shape index (κ1) is 18.6. The Morgan fingerprint density at radius 1 is 1.39 bits per heavy atom. The topological polar surface area (TPSA) is 77.0 Å². The van der Waals surface area contributed by atoms with Crippen molar-refractivity contribution in [2.24, 2.45) is 4.99 Å². The van der Waals surface area contributed by atoms with E-state index in [0.29, 0.717) is 0 Å². The second kappa shape index (κ2) is 8.25. The van der Waals surface area contributed by atoms with E-state index in [1.807, 2.05) is 0 Å². The number of aliphatic carboxylic acids is 1. The third kappa shape index (κ3) is 6.45. The van der Waals surface area contributed by atoms with E-state index >= 15 is 0 Å². The number of benzene rings is 1. The number of guanidine groups is 1. The molecule has 1 aromatic carbocycles. The van der Waals surface area contributed by atoms with Crippen molar-refractivity contribution in [3.8, 4) is 0 Å². The number of hydrogen-bond acceptors (Lipinski definition) is 5. The summed E-state index contributed by atoms with van der Waals surface area (Å²) in [5.74, 6) is -1.89. The molecule has 1 heterocycles. The number of anilines is 2. The number of rotatable bonds is 3. The predicted octanol–water partition coefficient (Wildman–Crippen LogP) is 2.15. The summed E-state index contributed by atoms with van der Waals surface area (Å²) in [5.41, 5.74) is 2.30. The minimum Gasteiger partial charge on any atom is -0.475 e. The summed E-state index contributed by atoms with van der Waals surface area (Å²) < 4.78 is 31.7. The summed E-state index contributed by atoms with van der Waals surface area (Å²) in [6.07, 6.45) is -5.08. The Morgan fingerprint density at radius 2 is 1.96 bits per heavy atom. The van der Waals surface area contributed by atoms with Gasteiger partial charge in [-0.1, -0.05) is 0 Å². The van der Waals surface area contributed by atoms with Crippen LogP contribution in [0.4, 0.5) is 24.5 Å². The van der Waals surface area contributed by atoms with Gasteiger partial charge in [0.1, 0.15) is 0 Å². The Kier molecular flexibility index (Phi) is 6.67. The predicted molar refractivity (Wildman–Crippen MR) is 83.0 cm³/mol. The van der Waals surface area contributed by atoms with Gasteiger partial charge in [-0.2, -0.15) is 13.2 Å². The Labute approximate surface area is 132 Å². The molecule has 0 amide bonds. The van der Waals surface area contributed by atoms with E-state index in [1.165, 1.54) is 5.69 Å². The van der Waals surface area contributed by atoms with Crippen LogP contribution in [0.2, 0.25) is 0 Å². The van der Waals surface area contributed by atoms with Crippen LogP contribution in [0.25, 0.3) is 0 Å². The zero-order valence-corrected chi connectivity index (χ0v) is 12.8. The van der Waals surface area contributed by atoms with Crippen molar-refractivity contribution in [1.82, 2.24) is 5.32 Å². The maximum Gasteiger partial charge on any atom is 0.490 e. The molecule has 9 heteroatoms. The van der Waals surface area contributed by atoms with Gasteiger partial charge >= 0.3 is 12.1 Å². The van der Waals surface area contributed by atoms with E-state index < -0.39 is 12.1 Å². The summed E-state index contributed by atoms with van der Waals surface area (Å²) in [5, 5.41) is 13.6. The highest BCUT2D eigenvalue weighted by atomic mass is 19.4. The molecule has 128 valence electrons. The average Bonchev–Trinajstić information content (AvgIpc) is 3.00. The van der Waals surface area contributed by atoms with E-state index in [1.54, 1.807) is 0 Å². The average molecular weight is 332 g/mol. The number of nitrogens with one attached hydrogen (secondary N) is 2. The quantitative estimate of drug-likeness (QED) is 0.791. The molecule has 0 bridgehead atoms. The highest BCUT2D eigenvalue weighted by Gasteiger charge is 2.38. The zero-order chi connectivity index (χ0) is 17.5. The normalized spacial score (nSPS) is 13.3. The molecule has 0 aliphatic carbocycles. The molecule has 1 aliphatic heterocycles. The summed E-state index contributed by atoms with van der Waals surface area (Å²) in [7, 11) is 2.09. The number of aliphatic imine (C=N–C) groups is 1. The summed E-state index contributed by atoms with van der Waals surface area (Å²) >= 11 is 0. The van der Waals surface area contributed by atoms with Crippen molar-refractivity contribution in [2.75, 3.05) is 36.9 Å². The molecule has 0 radical (unpaired) electrons. The number of hydrogen-bond donors (Lipinski definition) is 3. The third-order valence-corrected chi connectivity index (χ3v) is 2.96. The molecule has 1 aromatic rings. The Morgan fingerprint density at radius 3 is 2.35 bits per heavy atom. The van der Waals surface area contributed by atoms with Gasteiger partial charge in [0.15, 0.2) is 5.96 Å². The Balaban J connectivity index is 0.000000322. The molecular weight excluding hydrogens is 313 g/mol. The fourth-order valence-electron chi connectivity index (χ4n) is 1.60. The Bertz CT molecular complexity index is 544. The monoisotopic (exact) mass is 332 g/mol. The van der Waals surface area contributed by atoms with Gasteiger partial charge in [0.25, 0.3) is 0 Å². The van der Waals surface area contributed by atoms with Crippen LogP contribution in [0.15, 0.2) is 29.3 Å². The van der Waals surface area contributed by atoms with Crippen LogP contribution in [0, 0.1) is 0 Å². The Hall–Kier alpha value is -2.45. The molecule has 2 rings (SSSR count). The van der Waals surface area contributed by atoms with Crippen LogP contribution in [0.1, 0.15) is 6.92 Å². The molecule has 0 unspecified atom stereocenters. The van der Waals surface area contributed by atoms with E-state index in [-0.39, 0.29) is 0 Å². The molecule has 6 nitrogen and oxygen atoms in total. The lowest BCUT2D eigenvalue weighted by Crippen LogP contribution is -2.26. The molecule has 0 saturated heterocycles. The van der Waals surface area contributed by atoms with Crippen LogP contribution < -0.4 is 15.5 Å². The molecule has 0 spiro atoms. The molecule has 0 fully saturated rings. The van der Waals surface area contributed by atoms with Gasteiger partial charge in [0, 0.05) is 31.5 Å². The van der Waals surface area contributed by atoms with Crippen LogP contribution in [0.3, 0.4) is 0 Å². The second-order valence-corrected chi connectivity index (χ2v) is 4.65. The SMILES string of the molecule is CCN(C)c1ccc(NC2=NCCN2)cc1.O=C(O)C(F)(F)F. The second-order valence-electron chi connectivity index (χ2n) is 4.65. The lowest BCUT2D eigenvalue weighted by molar-refractivity contribution is -0.192. The molecular formula is C14H19F3N4O2. The molecule has 0 saturated carbocycles. The van der Waals surface area contributed by atoms with Gasteiger partial charge in [-0.3, -0.25) is 4.99 Å². The van der Waals surface area contributed by atoms with Crippen molar-refractivity contribution in [2.45, 2.75) is 13.1 Å². The standard InChI is InChI=1S/C12H18N4.C2HF3O2/c1-3-16(2)11-6-4-10(5-7-11)15-12-13-8-9-14-12;3-2(4,5)1(6)7/h4-7H,3,8-9H2,1-2H3,(H2,13,14,15);(H,6,7). The zero-order valence-electron chi connectivity index (χ0n) is 12.8. The molecule has 0 aromatic heterocycles. The van der Waals surface area contributed by atoms with Crippen LogP contribution in [0.5, 0.6) is 0 Å². The maximum atomic E-state index is 10.6. The van der Waals surface area contributed by atoms with Crippen LogP contribution in [-0.4, -0.2) is 49.9 Å². The number of carboxylic acid groups (broad SMARTS) is 1. The minimum absolute atomic E-state index is 0.860. The molecule has 0 atom stereocenters. The number of halogens is 3. The van der Waals surface area contributed by atoms with Gasteiger partial charge in [0.2, 0.25) is 0 Å². The minimum atomic E-state index is -5.08. The van der Waals surface area contributed by atoms with Crippen LogP contribution >= 0.6 is 0 Å². The van der Waals surface area contributed by atoms with Gasteiger partial charge in [-0.05, 0) is 31.2 Å². The van der Waals surface area contributed by atoms with E-state index in [0.717, 1.165) is 31.3 Å². The van der Waals surface area contributed by atoms with E-state index in [2.05, 4.69) is 58.8 Å². The number of nitrogens with zero attached hydrogens (tertiary/aromatic N) is 2. The summed E-state index contributed by atoms with van der Waals surface area (Å²) in [6.45, 7) is 4.95. The number of carbonyl (C=O) groups is 1. The van der Waals surface area contributed by atoms with Gasteiger partial charge in [-0.15, -0.1) is 0 Å².